The van der Waals surface area contributed by atoms with Gasteiger partial charge >= 0.3 is 0 Å². The van der Waals surface area contributed by atoms with E-state index in [-0.39, 0.29) is 41.9 Å². The molecular formula is C29H26ClN3O5. The smallest absolute Gasteiger partial charge is 0.288 e. The Morgan fingerprint density at radius 2 is 1.79 bits per heavy atom. The molecule has 1 aliphatic carbocycles. The second kappa shape index (κ2) is 11.1. The molecule has 0 radical (unpaired) electrons. The molecule has 0 fully saturated rings. The lowest BCUT2D eigenvalue weighted by molar-refractivity contribution is -0.384. The number of amides is 1. The van der Waals surface area contributed by atoms with Crippen molar-refractivity contribution >= 4 is 39.9 Å². The molecule has 8 nitrogen and oxygen atoms in total. The number of nitrogens with zero attached hydrogens (tertiary/aromatic N) is 2. The monoisotopic (exact) mass is 531 g/mol. The van der Waals surface area contributed by atoms with Crippen LogP contribution in [0.1, 0.15) is 44.8 Å². The van der Waals surface area contributed by atoms with Crippen molar-refractivity contribution in [2.75, 3.05) is 19.7 Å². The zero-order chi connectivity index (χ0) is 26.6. The van der Waals surface area contributed by atoms with E-state index < -0.39 is 10.7 Å². The number of nitro benzene ring substituents is 1. The van der Waals surface area contributed by atoms with Gasteiger partial charge in [-0.1, -0.05) is 29.8 Å². The first-order chi connectivity index (χ1) is 18.4. The van der Waals surface area contributed by atoms with Crippen molar-refractivity contribution in [1.29, 1.82) is 0 Å². The van der Waals surface area contributed by atoms with Crippen LogP contribution >= 0.6 is 11.6 Å². The summed E-state index contributed by atoms with van der Waals surface area (Å²) in [5, 5.41) is 12.4. The molecule has 0 saturated heterocycles. The van der Waals surface area contributed by atoms with E-state index in [0.717, 1.165) is 24.4 Å². The van der Waals surface area contributed by atoms with Crippen LogP contribution in [0.5, 0.6) is 5.75 Å². The maximum Gasteiger partial charge on any atom is 0.288 e. The fraction of sp³-hybridized carbons (Fsp3) is 0.241. The van der Waals surface area contributed by atoms with Crippen molar-refractivity contribution in [2.24, 2.45) is 0 Å². The predicted molar refractivity (Wildman–Crippen MR) is 145 cm³/mol. The van der Waals surface area contributed by atoms with Crippen LogP contribution in [0.3, 0.4) is 0 Å². The van der Waals surface area contributed by atoms with E-state index in [4.69, 9.17) is 16.3 Å². The molecule has 194 valence electrons. The zero-order valence-electron chi connectivity index (χ0n) is 20.6. The van der Waals surface area contributed by atoms with Crippen molar-refractivity contribution < 1.29 is 19.2 Å². The van der Waals surface area contributed by atoms with Crippen molar-refractivity contribution in [2.45, 2.75) is 25.7 Å². The Balaban J connectivity index is 1.31. The molecule has 9 heteroatoms. The average molecular weight is 532 g/mol. The number of ether oxygens (including phenoxy) is 1. The summed E-state index contributed by atoms with van der Waals surface area (Å²) in [6.07, 6.45) is 4.53. The third kappa shape index (κ3) is 5.40. The van der Waals surface area contributed by atoms with Crippen LogP contribution in [0, 0.1) is 10.1 Å². The average Bonchev–Trinajstić information content (AvgIpc) is 3.30. The molecule has 3 aromatic carbocycles. The lowest BCUT2D eigenvalue weighted by atomic mass is 9.96. The Morgan fingerprint density at radius 1 is 1.00 bits per heavy atom. The van der Waals surface area contributed by atoms with Gasteiger partial charge in [0.15, 0.2) is 5.78 Å². The van der Waals surface area contributed by atoms with E-state index in [2.05, 4.69) is 11.1 Å². The number of aromatic amines is 1. The highest BCUT2D eigenvalue weighted by molar-refractivity contribution is 6.32. The highest BCUT2D eigenvalue weighted by Crippen LogP contribution is 2.31. The summed E-state index contributed by atoms with van der Waals surface area (Å²) in [6, 6.07) is 18.5. The van der Waals surface area contributed by atoms with Gasteiger partial charge in [-0.25, -0.2) is 0 Å². The van der Waals surface area contributed by atoms with Crippen LogP contribution in [0.25, 0.3) is 10.9 Å². The molecule has 1 aliphatic rings. The van der Waals surface area contributed by atoms with Crippen LogP contribution in [-0.2, 0) is 12.8 Å². The highest BCUT2D eigenvalue weighted by atomic mass is 35.5. The molecule has 1 aromatic heterocycles. The van der Waals surface area contributed by atoms with Gasteiger partial charge in [0, 0.05) is 39.9 Å². The number of ketones is 1. The quantitative estimate of drug-likeness (QED) is 0.162. The van der Waals surface area contributed by atoms with Crippen molar-refractivity contribution in [3.63, 3.8) is 0 Å². The van der Waals surface area contributed by atoms with Gasteiger partial charge in [0.1, 0.15) is 17.4 Å². The van der Waals surface area contributed by atoms with Gasteiger partial charge in [0.05, 0.1) is 18.0 Å². The Kier molecular flexibility index (Phi) is 7.42. The summed E-state index contributed by atoms with van der Waals surface area (Å²) in [4.78, 5) is 41.8. The molecule has 0 bridgehead atoms. The summed E-state index contributed by atoms with van der Waals surface area (Å²) in [6.45, 7) is 0.0468. The van der Waals surface area contributed by atoms with E-state index in [0.29, 0.717) is 11.3 Å². The third-order valence-corrected chi connectivity index (χ3v) is 7.13. The number of rotatable bonds is 9. The first kappa shape index (κ1) is 25.5. The summed E-state index contributed by atoms with van der Waals surface area (Å²) in [5.74, 6) is -0.103. The number of hydrogen-bond donors (Lipinski definition) is 1. The maximum absolute atomic E-state index is 13.3. The highest BCUT2D eigenvalue weighted by Gasteiger charge is 2.22. The Bertz CT molecular complexity index is 1520. The Labute approximate surface area is 224 Å². The van der Waals surface area contributed by atoms with Crippen LogP contribution < -0.4 is 4.74 Å². The molecular weight excluding hydrogens is 506 g/mol. The van der Waals surface area contributed by atoms with Crippen LogP contribution in [-0.4, -0.2) is 46.2 Å². The molecule has 1 heterocycles. The van der Waals surface area contributed by atoms with Gasteiger partial charge in [-0.05, 0) is 67.6 Å². The summed E-state index contributed by atoms with van der Waals surface area (Å²) in [7, 11) is 0. The van der Waals surface area contributed by atoms with Gasteiger partial charge in [0.2, 0.25) is 0 Å². The number of benzene rings is 3. The number of carbonyl (C=O) groups is 2. The number of hydrogen-bond acceptors (Lipinski definition) is 5. The summed E-state index contributed by atoms with van der Waals surface area (Å²) in [5.41, 5.74) is 3.89. The lowest BCUT2D eigenvalue weighted by Gasteiger charge is -2.22. The topological polar surface area (TPSA) is 106 Å². The normalized spacial score (nSPS) is 12.7. The summed E-state index contributed by atoms with van der Waals surface area (Å²) >= 11 is 5.89. The fourth-order valence-corrected chi connectivity index (χ4v) is 5.05. The number of fused-ring (bicyclic) bond motifs is 3. The van der Waals surface area contributed by atoms with Crippen LogP contribution in [0.15, 0.2) is 66.7 Å². The number of Topliss-reactive ketones (excluding diaryl/α,β-unsaturated/α-hetero) is 1. The molecule has 0 aliphatic heterocycles. The first-order valence-corrected chi connectivity index (χ1v) is 12.9. The van der Waals surface area contributed by atoms with Crippen molar-refractivity contribution in [3.8, 4) is 5.75 Å². The molecule has 38 heavy (non-hydrogen) atoms. The SMILES string of the molecule is O=C(CN(CCOc1ccc2c3c([nH]c2c1)CCCC3)C(=O)c1ccccc1)c1ccc(Cl)c([N+](=O)[O-])c1. The lowest BCUT2D eigenvalue weighted by Crippen LogP contribution is -2.38. The number of aryl methyl sites for hydroxylation is 2. The molecule has 0 atom stereocenters. The first-order valence-electron chi connectivity index (χ1n) is 12.5. The zero-order valence-corrected chi connectivity index (χ0v) is 21.4. The number of H-pyrrole nitrogens is 1. The van der Waals surface area contributed by atoms with E-state index in [9.17, 15) is 19.7 Å². The molecule has 0 unspecified atom stereocenters. The molecule has 5 rings (SSSR count). The third-order valence-electron chi connectivity index (χ3n) is 6.81. The maximum atomic E-state index is 13.3. The van der Waals surface area contributed by atoms with Crippen LogP contribution in [0.4, 0.5) is 5.69 Å². The van der Waals surface area contributed by atoms with Gasteiger partial charge in [-0.3, -0.25) is 19.7 Å². The van der Waals surface area contributed by atoms with E-state index >= 15 is 0 Å². The predicted octanol–water partition coefficient (Wildman–Crippen LogP) is 6.01. The minimum Gasteiger partial charge on any atom is -0.492 e. The molecule has 0 spiro atoms. The minimum atomic E-state index is -0.642. The Morgan fingerprint density at radius 3 is 2.58 bits per heavy atom. The summed E-state index contributed by atoms with van der Waals surface area (Å²) < 4.78 is 5.98. The largest absolute Gasteiger partial charge is 0.492 e. The number of aromatic nitrogens is 1. The molecule has 4 aromatic rings. The number of halogens is 1. The number of carbonyl (C=O) groups excluding carboxylic acids is 2. The number of nitro groups is 1. The Hall–Kier alpha value is -4.17. The molecule has 0 saturated carbocycles. The fourth-order valence-electron chi connectivity index (χ4n) is 4.86. The van der Waals surface area contributed by atoms with Gasteiger partial charge in [-0.2, -0.15) is 0 Å². The molecule has 1 N–H and O–H groups in total. The van der Waals surface area contributed by atoms with Gasteiger partial charge in [0.25, 0.3) is 11.6 Å². The second-order valence-corrected chi connectivity index (χ2v) is 9.69. The van der Waals surface area contributed by atoms with E-state index in [1.807, 2.05) is 12.1 Å². The van der Waals surface area contributed by atoms with Crippen molar-refractivity contribution in [3.05, 3.63) is 104 Å². The number of nitrogens with one attached hydrogen (secondary N) is 1. The van der Waals surface area contributed by atoms with E-state index in [1.54, 1.807) is 30.3 Å². The van der Waals surface area contributed by atoms with Crippen LogP contribution in [0.2, 0.25) is 5.02 Å². The van der Waals surface area contributed by atoms with Crippen molar-refractivity contribution in [1.82, 2.24) is 9.88 Å². The minimum absolute atomic E-state index is 0.0583. The second-order valence-electron chi connectivity index (χ2n) is 9.28. The van der Waals surface area contributed by atoms with Gasteiger partial charge < -0.3 is 14.6 Å². The van der Waals surface area contributed by atoms with Gasteiger partial charge in [-0.15, -0.1) is 0 Å². The van der Waals surface area contributed by atoms with E-state index in [1.165, 1.54) is 46.5 Å². The molecule has 1 amide bonds. The standard InChI is InChI=1S/C29H26ClN3O5/c30-24-13-10-20(16-27(24)33(36)37)28(34)18-32(29(35)19-6-2-1-3-7-19)14-15-38-21-11-12-23-22-8-4-5-9-25(22)31-26(23)17-21/h1-3,6-7,10-13,16-17,31H,4-5,8-9,14-15,18H2.